The molecule has 1 rings (SSSR count). The molecule has 0 aliphatic carbocycles. The Labute approximate surface area is 71.6 Å². The molecule has 0 aliphatic heterocycles. The van der Waals surface area contributed by atoms with Gasteiger partial charge in [-0.2, -0.15) is 0 Å². The van der Waals surface area contributed by atoms with Crippen LogP contribution in [0.3, 0.4) is 0 Å². The van der Waals surface area contributed by atoms with Crippen LogP contribution in [0.4, 0.5) is 0 Å². The van der Waals surface area contributed by atoms with Crippen LogP contribution < -0.4 is 0 Å². The second-order valence-corrected chi connectivity index (χ2v) is 3.56. The minimum absolute atomic E-state index is 0.0745. The summed E-state index contributed by atoms with van der Waals surface area (Å²) in [6.07, 6.45) is 0.754. The standard InChI is InChI=1S/C9H14O3/c1-9(2,6-10)8(11)7-4-3-5-12-7/h3-5,8,10-11H,6H2,1-2H3/t8-/m1/s1. The van der Waals surface area contributed by atoms with Crippen LogP contribution in [0.2, 0.25) is 0 Å². The lowest BCUT2D eigenvalue weighted by Crippen LogP contribution is -2.25. The summed E-state index contributed by atoms with van der Waals surface area (Å²) in [5.74, 6) is 0.494. The number of hydrogen-bond acceptors (Lipinski definition) is 3. The Morgan fingerprint density at radius 1 is 1.58 bits per heavy atom. The van der Waals surface area contributed by atoms with E-state index >= 15 is 0 Å². The summed E-state index contributed by atoms with van der Waals surface area (Å²) in [7, 11) is 0. The first-order chi connectivity index (χ1) is 5.58. The van der Waals surface area contributed by atoms with Crippen molar-refractivity contribution < 1.29 is 14.6 Å². The summed E-state index contributed by atoms with van der Waals surface area (Å²) in [6, 6.07) is 3.41. The van der Waals surface area contributed by atoms with E-state index in [1.807, 2.05) is 0 Å². The zero-order chi connectivity index (χ0) is 9.19. The molecule has 0 saturated carbocycles. The average molecular weight is 170 g/mol. The van der Waals surface area contributed by atoms with Crippen LogP contribution in [0.25, 0.3) is 0 Å². The normalized spacial score (nSPS) is 14.7. The van der Waals surface area contributed by atoms with Gasteiger partial charge < -0.3 is 14.6 Å². The fraction of sp³-hybridized carbons (Fsp3) is 0.556. The quantitative estimate of drug-likeness (QED) is 0.719. The summed E-state index contributed by atoms with van der Waals surface area (Å²) in [6.45, 7) is 3.48. The van der Waals surface area contributed by atoms with Gasteiger partial charge in [-0.25, -0.2) is 0 Å². The molecule has 0 spiro atoms. The molecule has 0 bridgehead atoms. The second kappa shape index (κ2) is 3.29. The zero-order valence-corrected chi connectivity index (χ0v) is 7.32. The van der Waals surface area contributed by atoms with Crippen LogP contribution in [-0.4, -0.2) is 16.8 Å². The minimum atomic E-state index is -0.752. The number of hydrogen-bond donors (Lipinski definition) is 2. The van der Waals surface area contributed by atoms with Crippen molar-refractivity contribution in [1.29, 1.82) is 0 Å². The van der Waals surface area contributed by atoms with E-state index in [-0.39, 0.29) is 6.61 Å². The van der Waals surface area contributed by atoms with Gasteiger partial charge in [-0.15, -0.1) is 0 Å². The number of rotatable bonds is 3. The van der Waals surface area contributed by atoms with E-state index in [0.717, 1.165) is 0 Å². The van der Waals surface area contributed by atoms with Crippen molar-refractivity contribution in [3.63, 3.8) is 0 Å². The molecule has 0 aliphatic rings. The van der Waals surface area contributed by atoms with Gasteiger partial charge in [0.2, 0.25) is 0 Å². The summed E-state index contributed by atoms with van der Waals surface area (Å²) in [5.41, 5.74) is -0.558. The monoisotopic (exact) mass is 170 g/mol. The zero-order valence-electron chi connectivity index (χ0n) is 7.32. The number of aliphatic hydroxyl groups excluding tert-OH is 2. The van der Waals surface area contributed by atoms with Crippen molar-refractivity contribution >= 4 is 0 Å². The molecule has 12 heavy (non-hydrogen) atoms. The van der Waals surface area contributed by atoms with Gasteiger partial charge in [0.25, 0.3) is 0 Å². The third-order valence-corrected chi connectivity index (χ3v) is 1.96. The predicted octanol–water partition coefficient (Wildman–Crippen LogP) is 1.33. The topological polar surface area (TPSA) is 53.6 Å². The van der Waals surface area contributed by atoms with Crippen LogP contribution in [0, 0.1) is 5.41 Å². The number of aliphatic hydroxyl groups is 2. The molecule has 0 radical (unpaired) electrons. The van der Waals surface area contributed by atoms with Crippen LogP contribution in [0.5, 0.6) is 0 Å². The van der Waals surface area contributed by atoms with Crippen molar-refractivity contribution in [1.82, 2.24) is 0 Å². The van der Waals surface area contributed by atoms with Gasteiger partial charge in [0, 0.05) is 5.41 Å². The van der Waals surface area contributed by atoms with Gasteiger partial charge in [0.1, 0.15) is 11.9 Å². The summed E-state index contributed by atoms with van der Waals surface area (Å²) in [4.78, 5) is 0. The Hall–Kier alpha value is -0.800. The van der Waals surface area contributed by atoms with Gasteiger partial charge in [-0.05, 0) is 12.1 Å². The van der Waals surface area contributed by atoms with Gasteiger partial charge in [-0.3, -0.25) is 0 Å². The van der Waals surface area contributed by atoms with Crippen molar-refractivity contribution in [2.75, 3.05) is 6.61 Å². The van der Waals surface area contributed by atoms with Crippen molar-refractivity contribution in [3.05, 3.63) is 24.2 Å². The molecule has 0 unspecified atom stereocenters. The summed E-state index contributed by atoms with van der Waals surface area (Å²) >= 11 is 0. The highest BCUT2D eigenvalue weighted by Crippen LogP contribution is 2.32. The highest BCUT2D eigenvalue weighted by Gasteiger charge is 2.30. The van der Waals surface area contributed by atoms with E-state index in [0.29, 0.717) is 5.76 Å². The fourth-order valence-corrected chi connectivity index (χ4v) is 0.918. The van der Waals surface area contributed by atoms with E-state index in [2.05, 4.69) is 0 Å². The Morgan fingerprint density at radius 3 is 2.67 bits per heavy atom. The van der Waals surface area contributed by atoms with Crippen molar-refractivity contribution in [2.24, 2.45) is 5.41 Å². The Bertz CT molecular complexity index is 226. The highest BCUT2D eigenvalue weighted by molar-refractivity contribution is 5.05. The van der Waals surface area contributed by atoms with Crippen LogP contribution in [0.1, 0.15) is 25.7 Å². The second-order valence-electron chi connectivity index (χ2n) is 3.56. The van der Waals surface area contributed by atoms with Crippen molar-refractivity contribution in [3.8, 4) is 0 Å². The molecule has 1 aromatic heterocycles. The van der Waals surface area contributed by atoms with Gasteiger partial charge in [0.05, 0.1) is 12.9 Å². The summed E-state index contributed by atoms with van der Waals surface area (Å²) < 4.78 is 5.02. The van der Waals surface area contributed by atoms with Crippen LogP contribution in [0.15, 0.2) is 22.8 Å². The third-order valence-electron chi connectivity index (χ3n) is 1.96. The van der Waals surface area contributed by atoms with E-state index in [1.165, 1.54) is 6.26 Å². The van der Waals surface area contributed by atoms with E-state index < -0.39 is 11.5 Å². The average Bonchev–Trinajstić information content (AvgIpc) is 2.55. The van der Waals surface area contributed by atoms with E-state index in [1.54, 1.807) is 26.0 Å². The first-order valence-electron chi connectivity index (χ1n) is 3.90. The highest BCUT2D eigenvalue weighted by atomic mass is 16.4. The molecule has 0 amide bonds. The van der Waals surface area contributed by atoms with E-state index in [4.69, 9.17) is 9.52 Å². The smallest absolute Gasteiger partial charge is 0.132 e. The molecule has 2 N–H and O–H groups in total. The molecule has 0 fully saturated rings. The van der Waals surface area contributed by atoms with Gasteiger partial charge in [0.15, 0.2) is 0 Å². The largest absolute Gasteiger partial charge is 0.467 e. The molecular weight excluding hydrogens is 156 g/mol. The predicted molar refractivity (Wildman–Crippen MR) is 44.5 cm³/mol. The Morgan fingerprint density at radius 2 is 2.25 bits per heavy atom. The maximum atomic E-state index is 9.68. The van der Waals surface area contributed by atoms with Gasteiger partial charge >= 0.3 is 0 Å². The van der Waals surface area contributed by atoms with Crippen LogP contribution >= 0.6 is 0 Å². The molecule has 1 aromatic rings. The molecule has 0 saturated heterocycles. The SMILES string of the molecule is CC(C)(CO)[C@H](O)c1ccco1. The molecule has 68 valence electrons. The van der Waals surface area contributed by atoms with Gasteiger partial charge in [-0.1, -0.05) is 13.8 Å². The lowest BCUT2D eigenvalue weighted by molar-refractivity contribution is -0.00678. The first-order valence-corrected chi connectivity index (χ1v) is 3.90. The summed E-state index contributed by atoms with van der Waals surface area (Å²) in [5, 5.41) is 18.6. The molecule has 3 heteroatoms. The molecule has 1 heterocycles. The molecule has 1 atom stereocenters. The minimum Gasteiger partial charge on any atom is -0.467 e. The maximum Gasteiger partial charge on any atom is 0.132 e. The molecule has 0 aromatic carbocycles. The lowest BCUT2D eigenvalue weighted by atomic mass is 9.86. The third kappa shape index (κ3) is 1.68. The Balaban J connectivity index is 2.78. The number of furan rings is 1. The Kier molecular flexibility index (Phi) is 2.55. The fourth-order valence-electron chi connectivity index (χ4n) is 0.918. The lowest BCUT2D eigenvalue weighted by Gasteiger charge is -2.26. The molecule has 3 nitrogen and oxygen atoms in total. The first kappa shape index (κ1) is 9.29. The van der Waals surface area contributed by atoms with E-state index in [9.17, 15) is 5.11 Å². The maximum absolute atomic E-state index is 9.68. The van der Waals surface area contributed by atoms with Crippen LogP contribution in [-0.2, 0) is 0 Å². The van der Waals surface area contributed by atoms with Crippen molar-refractivity contribution in [2.45, 2.75) is 20.0 Å². The molecular formula is C9H14O3.